The molecule has 0 radical (unpaired) electrons. The summed E-state index contributed by atoms with van der Waals surface area (Å²) in [4.78, 5) is 37.2. The molecule has 1 N–H and O–H groups in total. The lowest BCUT2D eigenvalue weighted by Crippen LogP contribution is -2.36. The molecular formula is C19H25N3O5. The number of likely N-dealkylation sites (tertiary alicyclic amines) is 1. The van der Waals surface area contributed by atoms with Gasteiger partial charge in [-0.25, -0.2) is 4.79 Å². The van der Waals surface area contributed by atoms with E-state index in [9.17, 15) is 19.7 Å². The van der Waals surface area contributed by atoms with Crippen molar-refractivity contribution in [2.75, 3.05) is 18.4 Å². The molecule has 0 bridgehead atoms. The second-order valence-corrected chi connectivity index (χ2v) is 7.54. The van der Waals surface area contributed by atoms with Crippen LogP contribution in [0.5, 0.6) is 0 Å². The maximum absolute atomic E-state index is 12.8. The van der Waals surface area contributed by atoms with Crippen molar-refractivity contribution in [1.29, 1.82) is 0 Å². The first-order valence-electron chi connectivity index (χ1n) is 8.75. The van der Waals surface area contributed by atoms with Crippen molar-refractivity contribution in [2.45, 2.75) is 32.8 Å². The van der Waals surface area contributed by atoms with Crippen LogP contribution in [0.3, 0.4) is 0 Å². The van der Waals surface area contributed by atoms with E-state index in [1.807, 2.05) is 0 Å². The van der Waals surface area contributed by atoms with E-state index in [2.05, 4.69) is 11.9 Å². The largest absolute Gasteiger partial charge is 0.444 e. The van der Waals surface area contributed by atoms with E-state index in [1.54, 1.807) is 32.9 Å². The van der Waals surface area contributed by atoms with Crippen LogP contribution < -0.4 is 5.32 Å². The van der Waals surface area contributed by atoms with Crippen LogP contribution in [-0.4, -0.2) is 40.5 Å². The summed E-state index contributed by atoms with van der Waals surface area (Å²) in [5.74, 6) is -0.990. The lowest BCUT2D eigenvalue weighted by Gasteiger charge is -2.24. The number of benzene rings is 1. The third kappa shape index (κ3) is 5.29. The summed E-state index contributed by atoms with van der Waals surface area (Å²) >= 11 is 0. The van der Waals surface area contributed by atoms with Crippen molar-refractivity contribution >= 4 is 23.4 Å². The third-order valence-electron chi connectivity index (χ3n) is 4.26. The molecule has 2 atom stereocenters. The standard InChI is InChI=1S/C19H25N3O5/c1-5-8-13-11-21(18(24)27-19(2,3)4)12-14(13)17(23)20-15-9-6-7-10-16(15)22(25)26/h5-7,9-10,13-14H,1,8,11-12H2,2-4H3,(H,20,23)/t13-,14?/m0/s1. The number of nitrogens with zero attached hydrogens (tertiary/aromatic N) is 2. The Hall–Kier alpha value is -2.90. The van der Waals surface area contributed by atoms with Crippen molar-refractivity contribution in [3.63, 3.8) is 0 Å². The van der Waals surface area contributed by atoms with Crippen LogP contribution in [-0.2, 0) is 9.53 Å². The Kier molecular flexibility index (Phi) is 6.20. The number of nitro groups is 1. The monoisotopic (exact) mass is 375 g/mol. The first kappa shape index (κ1) is 20.4. The molecule has 2 amide bonds. The summed E-state index contributed by atoms with van der Waals surface area (Å²) in [6.07, 6.45) is 1.78. The molecule has 0 aliphatic carbocycles. The van der Waals surface area contributed by atoms with Gasteiger partial charge in [0.25, 0.3) is 5.69 Å². The van der Waals surface area contributed by atoms with Crippen molar-refractivity contribution in [3.05, 3.63) is 47.0 Å². The topological polar surface area (TPSA) is 102 Å². The molecule has 0 aromatic heterocycles. The van der Waals surface area contributed by atoms with Gasteiger partial charge in [-0.15, -0.1) is 6.58 Å². The Bertz CT molecular complexity index is 741. The fourth-order valence-electron chi connectivity index (χ4n) is 3.06. The zero-order valence-corrected chi connectivity index (χ0v) is 15.8. The number of hydrogen-bond acceptors (Lipinski definition) is 5. The third-order valence-corrected chi connectivity index (χ3v) is 4.26. The first-order valence-corrected chi connectivity index (χ1v) is 8.75. The van der Waals surface area contributed by atoms with Gasteiger partial charge in [-0.3, -0.25) is 14.9 Å². The molecule has 1 fully saturated rings. The first-order chi connectivity index (χ1) is 12.6. The van der Waals surface area contributed by atoms with Crippen molar-refractivity contribution in [3.8, 4) is 0 Å². The lowest BCUT2D eigenvalue weighted by atomic mass is 9.92. The van der Waals surface area contributed by atoms with E-state index in [1.165, 1.54) is 23.1 Å². The molecule has 27 heavy (non-hydrogen) atoms. The van der Waals surface area contributed by atoms with Gasteiger partial charge in [0.1, 0.15) is 11.3 Å². The SMILES string of the molecule is C=CC[C@H]1CN(C(=O)OC(C)(C)C)CC1C(=O)Nc1ccccc1[N+](=O)[O-]. The highest BCUT2D eigenvalue weighted by molar-refractivity contribution is 5.95. The summed E-state index contributed by atoms with van der Waals surface area (Å²) in [7, 11) is 0. The average Bonchev–Trinajstić information content (AvgIpc) is 2.98. The van der Waals surface area contributed by atoms with Crippen molar-refractivity contribution in [1.82, 2.24) is 4.90 Å². The number of hydrogen-bond donors (Lipinski definition) is 1. The molecule has 8 heteroatoms. The van der Waals surface area contributed by atoms with Crippen LogP contribution in [0.1, 0.15) is 27.2 Å². The molecule has 1 aliphatic heterocycles. The molecule has 1 aliphatic rings. The predicted molar refractivity (Wildman–Crippen MR) is 101 cm³/mol. The Balaban J connectivity index is 2.15. The number of carbonyl (C=O) groups is 2. The minimum Gasteiger partial charge on any atom is -0.444 e. The molecule has 0 spiro atoms. The second-order valence-electron chi connectivity index (χ2n) is 7.54. The molecule has 1 aromatic carbocycles. The fraction of sp³-hybridized carbons (Fsp3) is 0.474. The second kappa shape index (κ2) is 8.20. The summed E-state index contributed by atoms with van der Waals surface area (Å²) in [5, 5.41) is 13.8. The van der Waals surface area contributed by atoms with E-state index in [0.717, 1.165) is 0 Å². The van der Waals surface area contributed by atoms with E-state index in [4.69, 9.17) is 4.74 Å². The van der Waals surface area contributed by atoms with Gasteiger partial charge in [0.15, 0.2) is 0 Å². The van der Waals surface area contributed by atoms with Crippen LogP contribution >= 0.6 is 0 Å². The Morgan fingerprint density at radius 1 is 1.37 bits per heavy atom. The maximum Gasteiger partial charge on any atom is 0.410 e. The molecule has 146 valence electrons. The predicted octanol–water partition coefficient (Wildman–Crippen LogP) is 3.59. The molecule has 1 heterocycles. The summed E-state index contributed by atoms with van der Waals surface area (Å²) < 4.78 is 5.39. The van der Waals surface area contributed by atoms with Gasteiger partial charge in [-0.05, 0) is 39.2 Å². The Morgan fingerprint density at radius 3 is 2.63 bits per heavy atom. The summed E-state index contributed by atoms with van der Waals surface area (Å²) in [6.45, 7) is 9.61. The average molecular weight is 375 g/mol. The Labute approximate surface area is 158 Å². The fourth-order valence-corrected chi connectivity index (χ4v) is 3.06. The van der Waals surface area contributed by atoms with E-state index >= 15 is 0 Å². The van der Waals surface area contributed by atoms with Crippen molar-refractivity contribution < 1.29 is 19.2 Å². The minimum atomic E-state index is -0.629. The lowest BCUT2D eigenvalue weighted by molar-refractivity contribution is -0.383. The normalized spacial score (nSPS) is 19.4. The minimum absolute atomic E-state index is 0.127. The van der Waals surface area contributed by atoms with Crippen LogP contribution in [0.4, 0.5) is 16.2 Å². The molecule has 1 aromatic rings. The van der Waals surface area contributed by atoms with Gasteiger partial charge in [0.05, 0.1) is 10.8 Å². The molecule has 1 saturated heterocycles. The van der Waals surface area contributed by atoms with Gasteiger partial charge >= 0.3 is 6.09 Å². The highest BCUT2D eigenvalue weighted by atomic mass is 16.6. The zero-order chi connectivity index (χ0) is 20.2. The molecule has 2 rings (SSSR count). The number of para-hydroxylation sites is 2. The smallest absolute Gasteiger partial charge is 0.410 e. The van der Waals surface area contributed by atoms with Gasteiger partial charge in [0.2, 0.25) is 5.91 Å². The molecule has 8 nitrogen and oxygen atoms in total. The highest BCUT2D eigenvalue weighted by Crippen LogP contribution is 2.31. The highest BCUT2D eigenvalue weighted by Gasteiger charge is 2.40. The zero-order valence-electron chi connectivity index (χ0n) is 15.8. The molecule has 0 saturated carbocycles. The van der Waals surface area contributed by atoms with Crippen molar-refractivity contribution in [2.24, 2.45) is 11.8 Å². The number of nitro benzene ring substituents is 1. The molecule has 1 unspecified atom stereocenters. The molecular weight excluding hydrogens is 350 g/mol. The van der Waals surface area contributed by atoms with E-state index < -0.39 is 22.5 Å². The van der Waals surface area contributed by atoms with Gasteiger partial charge in [-0.1, -0.05) is 18.2 Å². The summed E-state index contributed by atoms with van der Waals surface area (Å²) in [6, 6.07) is 5.97. The Morgan fingerprint density at radius 2 is 2.04 bits per heavy atom. The number of ether oxygens (including phenoxy) is 1. The van der Waals surface area contributed by atoms with Crippen LogP contribution in [0.2, 0.25) is 0 Å². The van der Waals surface area contributed by atoms with Crippen LogP contribution in [0.15, 0.2) is 36.9 Å². The number of nitrogens with one attached hydrogen (secondary N) is 1. The van der Waals surface area contributed by atoms with E-state index in [0.29, 0.717) is 13.0 Å². The maximum atomic E-state index is 12.8. The van der Waals surface area contributed by atoms with E-state index in [-0.39, 0.29) is 29.7 Å². The quantitative estimate of drug-likeness (QED) is 0.481. The van der Waals surface area contributed by atoms with Gasteiger partial charge in [0, 0.05) is 19.2 Å². The number of allylic oxidation sites excluding steroid dienone is 1. The van der Waals surface area contributed by atoms with Gasteiger partial charge < -0.3 is 15.0 Å². The van der Waals surface area contributed by atoms with Crippen LogP contribution in [0, 0.1) is 22.0 Å². The number of amides is 2. The summed E-state index contributed by atoms with van der Waals surface area (Å²) in [5.41, 5.74) is -0.663. The number of anilines is 1. The van der Waals surface area contributed by atoms with Crippen LogP contribution in [0.25, 0.3) is 0 Å². The number of carbonyl (C=O) groups excluding carboxylic acids is 2. The number of rotatable bonds is 5. The van der Waals surface area contributed by atoms with Gasteiger partial charge in [-0.2, -0.15) is 0 Å².